The number of fused-ring (bicyclic) bond motifs is 1. The third-order valence-electron chi connectivity index (χ3n) is 3.68. The molecule has 2 atom stereocenters. The zero-order chi connectivity index (χ0) is 15.9. The van der Waals surface area contributed by atoms with Gasteiger partial charge >= 0.3 is 0 Å². The quantitative estimate of drug-likeness (QED) is 0.774. The first-order chi connectivity index (χ1) is 10.6. The summed E-state index contributed by atoms with van der Waals surface area (Å²) in [6.07, 6.45) is -1.28. The molecule has 0 aromatic heterocycles. The van der Waals surface area contributed by atoms with Gasteiger partial charge in [0.15, 0.2) is 11.5 Å². The van der Waals surface area contributed by atoms with Crippen LogP contribution in [0.4, 0.5) is 0 Å². The van der Waals surface area contributed by atoms with E-state index < -0.39 is 12.2 Å². The lowest BCUT2D eigenvalue weighted by atomic mass is 10.2. The van der Waals surface area contributed by atoms with Crippen molar-refractivity contribution in [3.8, 4) is 11.5 Å². The summed E-state index contributed by atoms with van der Waals surface area (Å²) < 4.78 is 11.1. The molecular weight excluding hydrogens is 284 g/mol. The van der Waals surface area contributed by atoms with E-state index in [2.05, 4.69) is 10.2 Å². The van der Waals surface area contributed by atoms with Gasteiger partial charge in [-0.25, -0.2) is 0 Å². The molecule has 1 heterocycles. The third kappa shape index (κ3) is 4.35. The van der Waals surface area contributed by atoms with E-state index in [-0.39, 0.29) is 19.1 Å². The standard InChI is InChI=1S/C16H24N2O4/c1-3-18(4-2)10-12(19)9-17-16(20)15-11-21-13-7-5-6-8-14(13)22-15/h5-8,12,15,19H,3-4,9-11H2,1-2H3,(H,17,20)/t12-,15+/m0/s1. The molecule has 0 radical (unpaired) electrons. The summed E-state index contributed by atoms with van der Waals surface area (Å²) >= 11 is 0. The van der Waals surface area contributed by atoms with Crippen molar-refractivity contribution < 1.29 is 19.4 Å². The van der Waals surface area contributed by atoms with Crippen LogP contribution < -0.4 is 14.8 Å². The fourth-order valence-electron chi connectivity index (χ4n) is 2.33. The molecule has 6 heteroatoms. The van der Waals surface area contributed by atoms with E-state index in [0.717, 1.165) is 13.1 Å². The Morgan fingerprint density at radius 2 is 2.05 bits per heavy atom. The predicted molar refractivity (Wildman–Crippen MR) is 83.2 cm³/mol. The van der Waals surface area contributed by atoms with Crippen molar-refractivity contribution in [3.05, 3.63) is 24.3 Å². The van der Waals surface area contributed by atoms with Gasteiger partial charge in [0.25, 0.3) is 5.91 Å². The SMILES string of the molecule is CCN(CC)C[C@@H](O)CNC(=O)[C@H]1COc2ccccc2O1. The first-order valence-corrected chi connectivity index (χ1v) is 7.70. The normalized spacial score (nSPS) is 18.1. The van der Waals surface area contributed by atoms with Gasteiger partial charge < -0.3 is 24.8 Å². The molecule has 0 saturated heterocycles. The van der Waals surface area contributed by atoms with Gasteiger partial charge in [-0.2, -0.15) is 0 Å². The molecule has 0 aliphatic carbocycles. The van der Waals surface area contributed by atoms with Crippen LogP contribution in [-0.2, 0) is 4.79 Å². The second-order valence-electron chi connectivity index (χ2n) is 5.25. The second kappa shape index (κ2) is 8.00. The van der Waals surface area contributed by atoms with Gasteiger partial charge in [-0.05, 0) is 25.2 Å². The molecule has 0 saturated carbocycles. The molecule has 1 aliphatic rings. The highest BCUT2D eigenvalue weighted by Crippen LogP contribution is 2.30. The molecule has 1 aromatic carbocycles. The number of aliphatic hydroxyl groups is 1. The van der Waals surface area contributed by atoms with E-state index >= 15 is 0 Å². The fourth-order valence-corrected chi connectivity index (χ4v) is 2.33. The van der Waals surface area contributed by atoms with E-state index in [1.54, 1.807) is 12.1 Å². The van der Waals surface area contributed by atoms with Gasteiger partial charge in [-0.15, -0.1) is 0 Å². The molecule has 0 unspecified atom stereocenters. The van der Waals surface area contributed by atoms with Crippen LogP contribution in [0.3, 0.4) is 0 Å². The molecule has 6 nitrogen and oxygen atoms in total. The van der Waals surface area contributed by atoms with E-state index in [4.69, 9.17) is 9.47 Å². The molecule has 1 aromatic rings. The summed E-state index contributed by atoms with van der Waals surface area (Å²) in [7, 11) is 0. The van der Waals surface area contributed by atoms with Crippen molar-refractivity contribution in [2.75, 3.05) is 32.8 Å². The Balaban J connectivity index is 1.79. The minimum absolute atomic E-state index is 0.176. The Labute approximate surface area is 131 Å². The number of hydrogen-bond donors (Lipinski definition) is 2. The minimum atomic E-state index is -0.685. The predicted octanol–water partition coefficient (Wildman–Crippen LogP) is 0.645. The van der Waals surface area contributed by atoms with Crippen molar-refractivity contribution in [1.82, 2.24) is 10.2 Å². The molecule has 0 spiro atoms. The number of rotatable bonds is 7. The molecular formula is C16H24N2O4. The number of likely N-dealkylation sites (N-methyl/N-ethyl adjacent to an activating group) is 1. The summed E-state index contributed by atoms with van der Waals surface area (Å²) in [5.41, 5.74) is 0. The summed E-state index contributed by atoms with van der Waals surface area (Å²) in [6.45, 7) is 6.75. The van der Waals surface area contributed by atoms with E-state index in [0.29, 0.717) is 18.0 Å². The van der Waals surface area contributed by atoms with Crippen LogP contribution in [0.15, 0.2) is 24.3 Å². The van der Waals surface area contributed by atoms with Crippen molar-refractivity contribution in [2.45, 2.75) is 26.1 Å². The summed E-state index contributed by atoms with van der Waals surface area (Å²) in [4.78, 5) is 14.2. The minimum Gasteiger partial charge on any atom is -0.485 e. The van der Waals surface area contributed by atoms with Crippen LogP contribution in [0.25, 0.3) is 0 Å². The smallest absolute Gasteiger partial charge is 0.264 e. The third-order valence-corrected chi connectivity index (χ3v) is 3.68. The van der Waals surface area contributed by atoms with Crippen LogP contribution in [-0.4, -0.2) is 60.9 Å². The van der Waals surface area contributed by atoms with Gasteiger partial charge in [0.2, 0.25) is 6.10 Å². The Kier molecular flexibility index (Phi) is 6.03. The molecule has 0 bridgehead atoms. The molecule has 1 aliphatic heterocycles. The molecule has 2 rings (SSSR count). The Morgan fingerprint density at radius 1 is 1.36 bits per heavy atom. The largest absolute Gasteiger partial charge is 0.485 e. The first-order valence-electron chi connectivity index (χ1n) is 7.70. The highest BCUT2D eigenvalue weighted by Gasteiger charge is 2.27. The molecule has 0 fully saturated rings. The number of carbonyl (C=O) groups excluding carboxylic acids is 1. The molecule has 22 heavy (non-hydrogen) atoms. The average Bonchev–Trinajstić information content (AvgIpc) is 2.57. The van der Waals surface area contributed by atoms with E-state index in [1.165, 1.54) is 0 Å². The Morgan fingerprint density at radius 3 is 2.73 bits per heavy atom. The number of aliphatic hydroxyl groups excluding tert-OH is 1. The van der Waals surface area contributed by atoms with E-state index in [1.807, 2.05) is 26.0 Å². The number of hydrogen-bond acceptors (Lipinski definition) is 5. The summed E-state index contributed by atoms with van der Waals surface area (Å²) in [5.74, 6) is 0.943. The van der Waals surface area contributed by atoms with Gasteiger partial charge in [-0.3, -0.25) is 4.79 Å². The lowest BCUT2D eigenvalue weighted by Gasteiger charge is -2.26. The number of ether oxygens (including phenoxy) is 2. The maximum Gasteiger partial charge on any atom is 0.264 e. The van der Waals surface area contributed by atoms with Crippen LogP contribution >= 0.6 is 0 Å². The number of amides is 1. The second-order valence-corrected chi connectivity index (χ2v) is 5.25. The van der Waals surface area contributed by atoms with Crippen LogP contribution in [0.1, 0.15) is 13.8 Å². The van der Waals surface area contributed by atoms with Crippen LogP contribution in [0.5, 0.6) is 11.5 Å². The van der Waals surface area contributed by atoms with Gasteiger partial charge in [0, 0.05) is 13.1 Å². The summed E-state index contributed by atoms with van der Waals surface area (Å²) in [5, 5.41) is 12.7. The molecule has 2 N–H and O–H groups in total. The Bertz CT molecular complexity index is 491. The van der Waals surface area contributed by atoms with Crippen LogP contribution in [0, 0.1) is 0 Å². The number of carbonyl (C=O) groups is 1. The highest BCUT2D eigenvalue weighted by molar-refractivity contribution is 5.81. The monoisotopic (exact) mass is 308 g/mol. The topological polar surface area (TPSA) is 71.0 Å². The maximum atomic E-state index is 12.1. The number of benzene rings is 1. The lowest BCUT2D eigenvalue weighted by Crippen LogP contribution is -2.47. The van der Waals surface area contributed by atoms with Crippen molar-refractivity contribution >= 4 is 5.91 Å². The van der Waals surface area contributed by atoms with Crippen molar-refractivity contribution in [2.24, 2.45) is 0 Å². The lowest BCUT2D eigenvalue weighted by molar-refractivity contribution is -0.130. The molecule has 1 amide bonds. The average molecular weight is 308 g/mol. The van der Waals surface area contributed by atoms with Gasteiger partial charge in [0.1, 0.15) is 6.61 Å². The first kappa shape index (κ1) is 16.6. The van der Waals surface area contributed by atoms with Gasteiger partial charge in [-0.1, -0.05) is 26.0 Å². The zero-order valence-corrected chi connectivity index (χ0v) is 13.1. The van der Waals surface area contributed by atoms with Crippen molar-refractivity contribution in [3.63, 3.8) is 0 Å². The molecule has 122 valence electrons. The maximum absolute atomic E-state index is 12.1. The highest BCUT2D eigenvalue weighted by atomic mass is 16.6. The fraction of sp³-hybridized carbons (Fsp3) is 0.562. The number of para-hydroxylation sites is 2. The number of nitrogens with one attached hydrogen (secondary N) is 1. The summed E-state index contributed by atoms with van der Waals surface area (Å²) in [6, 6.07) is 7.25. The Hall–Kier alpha value is -1.79. The van der Waals surface area contributed by atoms with Gasteiger partial charge in [0.05, 0.1) is 6.10 Å². The van der Waals surface area contributed by atoms with E-state index in [9.17, 15) is 9.90 Å². The zero-order valence-electron chi connectivity index (χ0n) is 13.1. The van der Waals surface area contributed by atoms with Crippen molar-refractivity contribution in [1.29, 1.82) is 0 Å². The van der Waals surface area contributed by atoms with Crippen LogP contribution in [0.2, 0.25) is 0 Å². The number of nitrogens with zero attached hydrogens (tertiary/aromatic N) is 1.